The Bertz CT molecular complexity index is 1060. The standard InChI is InChI=1S/C43H81O13P/c1-3-5-7-9-11-13-15-17-18-20-22-24-26-28-30-32-37(45)55-35(34-54-57(51,52)56-43-41(49)39(47)38(46)40(48)42(43)50)33-53-36(44)31-29-27-25-23-21-19-16-14-12-10-8-6-4-2/h17-18,35,38-43,46-50H,3-16,19-34H2,1-2H3,(H,51,52)/b18-17-/t35?,38?,39-,40+,41+,42-,43?. The average Bonchev–Trinajstić information content (AvgIpc) is 3.19. The van der Waals surface area contributed by atoms with Crippen LogP contribution < -0.4 is 0 Å². The van der Waals surface area contributed by atoms with E-state index in [-0.39, 0.29) is 12.8 Å². The monoisotopic (exact) mass is 837 g/mol. The molecule has 1 aliphatic carbocycles. The maximum Gasteiger partial charge on any atom is 0.472 e. The van der Waals surface area contributed by atoms with Crippen LogP contribution in [0.2, 0.25) is 0 Å². The molecule has 336 valence electrons. The molecule has 57 heavy (non-hydrogen) atoms. The minimum Gasteiger partial charge on any atom is -0.462 e. The molecule has 0 radical (unpaired) electrons. The van der Waals surface area contributed by atoms with E-state index in [1.165, 1.54) is 96.3 Å². The zero-order valence-electron chi connectivity index (χ0n) is 35.4. The number of ether oxygens (including phenoxy) is 2. The molecule has 0 heterocycles. The van der Waals surface area contributed by atoms with Crippen LogP contribution in [-0.4, -0.2) is 98.3 Å². The lowest BCUT2D eigenvalue weighted by atomic mass is 9.85. The number of carbonyl (C=O) groups excluding carboxylic acids is 2. The summed E-state index contributed by atoms with van der Waals surface area (Å²) in [4.78, 5) is 35.6. The highest BCUT2D eigenvalue weighted by atomic mass is 31.2. The number of aliphatic hydroxyl groups is 5. The first-order chi connectivity index (χ1) is 27.4. The van der Waals surface area contributed by atoms with Gasteiger partial charge < -0.3 is 39.9 Å². The number of phosphoric acid groups is 1. The van der Waals surface area contributed by atoms with Crippen molar-refractivity contribution in [1.29, 1.82) is 0 Å². The lowest BCUT2D eigenvalue weighted by Crippen LogP contribution is -2.64. The fraction of sp³-hybridized carbons (Fsp3) is 0.907. The van der Waals surface area contributed by atoms with Gasteiger partial charge in [-0.05, 0) is 38.5 Å². The Morgan fingerprint density at radius 2 is 0.895 bits per heavy atom. The average molecular weight is 837 g/mol. The highest BCUT2D eigenvalue weighted by molar-refractivity contribution is 7.47. The van der Waals surface area contributed by atoms with Crippen LogP contribution in [0, 0.1) is 0 Å². The van der Waals surface area contributed by atoms with Crippen molar-refractivity contribution in [1.82, 2.24) is 0 Å². The zero-order chi connectivity index (χ0) is 42.2. The third-order valence-corrected chi connectivity index (χ3v) is 11.6. The summed E-state index contributed by atoms with van der Waals surface area (Å²) in [5, 5.41) is 50.1. The Morgan fingerprint density at radius 1 is 0.526 bits per heavy atom. The molecular weight excluding hydrogens is 755 g/mol. The summed E-state index contributed by atoms with van der Waals surface area (Å²) in [5.41, 5.74) is 0. The minimum absolute atomic E-state index is 0.0907. The van der Waals surface area contributed by atoms with Gasteiger partial charge in [0.15, 0.2) is 6.10 Å². The van der Waals surface area contributed by atoms with Gasteiger partial charge in [0.2, 0.25) is 0 Å². The largest absolute Gasteiger partial charge is 0.472 e. The summed E-state index contributed by atoms with van der Waals surface area (Å²) in [6, 6.07) is 0. The van der Waals surface area contributed by atoms with Gasteiger partial charge in [0.25, 0.3) is 0 Å². The molecule has 0 spiro atoms. The van der Waals surface area contributed by atoms with E-state index in [0.29, 0.717) is 12.8 Å². The summed E-state index contributed by atoms with van der Waals surface area (Å²) in [6.45, 7) is 3.29. The second kappa shape index (κ2) is 34.3. The predicted molar refractivity (Wildman–Crippen MR) is 221 cm³/mol. The summed E-state index contributed by atoms with van der Waals surface area (Å²) in [5.74, 6) is -1.10. The van der Waals surface area contributed by atoms with Crippen molar-refractivity contribution < 1.29 is 63.1 Å². The van der Waals surface area contributed by atoms with Crippen LogP contribution in [0.1, 0.15) is 194 Å². The molecule has 1 saturated carbocycles. The third kappa shape index (κ3) is 27.1. The van der Waals surface area contributed by atoms with Gasteiger partial charge in [0, 0.05) is 12.8 Å². The fourth-order valence-electron chi connectivity index (χ4n) is 6.93. The van der Waals surface area contributed by atoms with Gasteiger partial charge in [-0.1, -0.05) is 154 Å². The molecule has 14 heteroatoms. The predicted octanol–water partition coefficient (Wildman–Crippen LogP) is 8.28. The van der Waals surface area contributed by atoms with Gasteiger partial charge in [-0.25, -0.2) is 4.57 Å². The lowest BCUT2D eigenvalue weighted by Gasteiger charge is -2.41. The molecule has 1 fully saturated rings. The molecule has 8 atom stereocenters. The second-order valence-electron chi connectivity index (χ2n) is 15.9. The Hall–Kier alpha value is -1.41. The van der Waals surface area contributed by atoms with Crippen molar-refractivity contribution in [2.45, 2.75) is 236 Å². The van der Waals surface area contributed by atoms with Gasteiger partial charge in [-0.2, -0.15) is 0 Å². The summed E-state index contributed by atoms with van der Waals surface area (Å²) < 4.78 is 33.5. The van der Waals surface area contributed by atoms with Crippen molar-refractivity contribution >= 4 is 19.8 Å². The van der Waals surface area contributed by atoms with Crippen LogP contribution in [0.25, 0.3) is 0 Å². The van der Waals surface area contributed by atoms with Crippen molar-refractivity contribution in [3.8, 4) is 0 Å². The quantitative estimate of drug-likeness (QED) is 0.0151. The molecule has 0 amide bonds. The van der Waals surface area contributed by atoms with E-state index in [9.17, 15) is 44.6 Å². The van der Waals surface area contributed by atoms with E-state index in [2.05, 4.69) is 26.0 Å². The van der Waals surface area contributed by atoms with Crippen molar-refractivity contribution in [3.05, 3.63) is 12.2 Å². The number of hydrogen-bond donors (Lipinski definition) is 6. The molecule has 0 saturated heterocycles. The third-order valence-electron chi connectivity index (χ3n) is 10.6. The van der Waals surface area contributed by atoms with Gasteiger partial charge in [0.1, 0.15) is 43.2 Å². The van der Waals surface area contributed by atoms with Gasteiger partial charge in [-0.15, -0.1) is 0 Å². The van der Waals surface area contributed by atoms with E-state index in [1.54, 1.807) is 0 Å². The highest BCUT2D eigenvalue weighted by Crippen LogP contribution is 2.47. The Labute approximate surface area is 343 Å². The van der Waals surface area contributed by atoms with Crippen molar-refractivity contribution in [3.63, 3.8) is 0 Å². The topological polar surface area (TPSA) is 210 Å². The molecular formula is C43H81O13P. The van der Waals surface area contributed by atoms with Crippen LogP contribution in [0.5, 0.6) is 0 Å². The van der Waals surface area contributed by atoms with Crippen LogP contribution in [0.3, 0.4) is 0 Å². The summed E-state index contributed by atoms with van der Waals surface area (Å²) in [6.07, 6.45) is 21.2. The molecule has 0 aliphatic heterocycles. The highest BCUT2D eigenvalue weighted by Gasteiger charge is 2.51. The summed E-state index contributed by atoms with van der Waals surface area (Å²) in [7, 11) is -5.11. The molecule has 1 rings (SSSR count). The Morgan fingerprint density at radius 3 is 1.33 bits per heavy atom. The number of carbonyl (C=O) groups is 2. The molecule has 6 N–H and O–H groups in total. The molecule has 0 aromatic carbocycles. The van der Waals surface area contributed by atoms with Gasteiger partial charge in [-0.3, -0.25) is 18.6 Å². The van der Waals surface area contributed by atoms with E-state index < -0.39 is 75.7 Å². The molecule has 0 aromatic heterocycles. The number of rotatable bonds is 37. The number of esters is 2. The fourth-order valence-corrected chi connectivity index (χ4v) is 7.90. The molecule has 0 bridgehead atoms. The number of aliphatic hydroxyl groups excluding tert-OH is 5. The normalized spacial score (nSPS) is 22.7. The smallest absolute Gasteiger partial charge is 0.462 e. The van der Waals surface area contributed by atoms with Crippen LogP contribution >= 0.6 is 7.82 Å². The van der Waals surface area contributed by atoms with E-state index >= 15 is 0 Å². The Kier molecular flexibility index (Phi) is 32.3. The number of hydrogen-bond acceptors (Lipinski definition) is 12. The van der Waals surface area contributed by atoms with E-state index in [4.69, 9.17) is 18.5 Å². The Balaban J connectivity index is 2.48. The van der Waals surface area contributed by atoms with Gasteiger partial charge >= 0.3 is 19.8 Å². The van der Waals surface area contributed by atoms with Crippen LogP contribution in [0.15, 0.2) is 12.2 Å². The number of phosphoric ester groups is 1. The first-order valence-corrected chi connectivity index (χ1v) is 24.0. The van der Waals surface area contributed by atoms with E-state index in [0.717, 1.165) is 57.8 Å². The van der Waals surface area contributed by atoms with E-state index in [1.807, 2.05) is 0 Å². The first-order valence-electron chi connectivity index (χ1n) is 22.5. The minimum atomic E-state index is -5.11. The number of allylic oxidation sites excluding steroid dienone is 2. The molecule has 0 aromatic rings. The maximum atomic E-state index is 12.8. The second-order valence-corrected chi connectivity index (χ2v) is 17.3. The first kappa shape index (κ1) is 53.6. The van der Waals surface area contributed by atoms with Crippen LogP contribution in [0.4, 0.5) is 0 Å². The summed E-state index contributed by atoms with van der Waals surface area (Å²) >= 11 is 0. The number of unbranched alkanes of at least 4 members (excludes halogenated alkanes) is 23. The van der Waals surface area contributed by atoms with Crippen molar-refractivity contribution in [2.24, 2.45) is 0 Å². The zero-order valence-corrected chi connectivity index (χ0v) is 36.3. The molecule has 1 aliphatic rings. The molecule has 13 nitrogen and oxygen atoms in total. The van der Waals surface area contributed by atoms with Gasteiger partial charge in [0.05, 0.1) is 6.61 Å². The molecule has 4 unspecified atom stereocenters. The maximum absolute atomic E-state index is 12.8. The SMILES string of the molecule is CCCCCCCC/C=C\CCCCCCCC(=O)OC(COC(=O)CCCCCCCCCCCCCCC)COP(=O)(O)OC1[C@@H](O)[C@H](O)C(O)[C@H](O)[C@H]1O. The lowest BCUT2D eigenvalue weighted by molar-refractivity contribution is -0.220. The van der Waals surface area contributed by atoms with Crippen molar-refractivity contribution in [2.75, 3.05) is 13.2 Å². The van der Waals surface area contributed by atoms with Crippen LogP contribution in [-0.2, 0) is 32.7 Å².